The molecule has 0 bridgehead atoms. The summed E-state index contributed by atoms with van der Waals surface area (Å²) in [5, 5.41) is 4.15. The molecule has 114 valence electrons. The summed E-state index contributed by atoms with van der Waals surface area (Å²) in [6, 6.07) is 3.99. The minimum atomic E-state index is 0.633. The van der Waals surface area contributed by atoms with Crippen molar-refractivity contribution >= 4 is 17.4 Å². The quantitative estimate of drug-likeness (QED) is 0.743. The predicted molar refractivity (Wildman–Crippen MR) is 88.6 cm³/mol. The van der Waals surface area contributed by atoms with Crippen LogP contribution in [0.3, 0.4) is 0 Å². The lowest BCUT2D eigenvalue weighted by molar-refractivity contribution is 0.548. The Kier molecular flexibility index (Phi) is 7.93. The van der Waals surface area contributed by atoms with Crippen molar-refractivity contribution in [3.8, 4) is 0 Å². The summed E-state index contributed by atoms with van der Waals surface area (Å²) in [6.45, 7) is 12.6. The number of aromatic nitrogens is 1. The summed E-state index contributed by atoms with van der Waals surface area (Å²) in [6.07, 6.45) is 2.26. The third kappa shape index (κ3) is 5.68. The molecular formula is C16H28ClN3. The van der Waals surface area contributed by atoms with E-state index in [2.05, 4.69) is 37.9 Å². The molecule has 0 atom stereocenters. The lowest BCUT2D eigenvalue weighted by Gasteiger charge is -2.23. The van der Waals surface area contributed by atoms with Gasteiger partial charge in [0.2, 0.25) is 0 Å². The molecule has 0 aliphatic carbocycles. The molecule has 0 saturated carbocycles. The first kappa shape index (κ1) is 17.3. The summed E-state index contributed by atoms with van der Waals surface area (Å²) < 4.78 is 0. The van der Waals surface area contributed by atoms with Crippen LogP contribution in [0.2, 0.25) is 5.02 Å². The van der Waals surface area contributed by atoms with Gasteiger partial charge in [0.05, 0.1) is 10.7 Å². The fraction of sp³-hybridized carbons (Fsp3) is 0.688. The van der Waals surface area contributed by atoms with E-state index in [0.29, 0.717) is 5.92 Å². The molecule has 1 heterocycles. The van der Waals surface area contributed by atoms with Gasteiger partial charge in [0.15, 0.2) is 0 Å². The Balaban J connectivity index is 2.77. The van der Waals surface area contributed by atoms with Crippen LogP contribution in [0.5, 0.6) is 0 Å². The van der Waals surface area contributed by atoms with E-state index >= 15 is 0 Å². The third-order valence-corrected chi connectivity index (χ3v) is 3.40. The van der Waals surface area contributed by atoms with Gasteiger partial charge in [-0.3, -0.25) is 0 Å². The Morgan fingerprint density at radius 2 is 1.85 bits per heavy atom. The van der Waals surface area contributed by atoms with E-state index in [9.17, 15) is 0 Å². The molecule has 3 nitrogen and oxygen atoms in total. The zero-order valence-corrected chi connectivity index (χ0v) is 14.0. The summed E-state index contributed by atoms with van der Waals surface area (Å²) in [5.41, 5.74) is 0.946. The van der Waals surface area contributed by atoms with Gasteiger partial charge in [-0.25, -0.2) is 4.98 Å². The maximum atomic E-state index is 6.25. The largest absolute Gasteiger partial charge is 0.357 e. The van der Waals surface area contributed by atoms with Gasteiger partial charge in [-0.1, -0.05) is 39.3 Å². The van der Waals surface area contributed by atoms with Crippen LogP contribution in [0.15, 0.2) is 12.1 Å². The molecule has 0 radical (unpaired) electrons. The number of rotatable bonds is 9. The van der Waals surface area contributed by atoms with Crippen molar-refractivity contribution in [3.63, 3.8) is 0 Å². The molecule has 1 aromatic rings. The Bertz CT molecular complexity index is 387. The molecule has 1 rings (SSSR count). The number of pyridine rings is 1. The minimum absolute atomic E-state index is 0.633. The van der Waals surface area contributed by atoms with Crippen molar-refractivity contribution in [2.24, 2.45) is 5.92 Å². The average molecular weight is 298 g/mol. The SMILES string of the molecule is CCCN(CCC)c1ccc(Cl)c(CNCC(C)C)n1. The molecule has 0 aliphatic rings. The summed E-state index contributed by atoms with van der Waals surface area (Å²) in [5.74, 6) is 1.67. The molecule has 0 unspecified atom stereocenters. The molecule has 0 aromatic carbocycles. The maximum absolute atomic E-state index is 6.25. The molecule has 0 amide bonds. The van der Waals surface area contributed by atoms with Crippen LogP contribution >= 0.6 is 11.6 Å². The molecule has 0 fully saturated rings. The number of anilines is 1. The first-order valence-corrected chi connectivity index (χ1v) is 8.07. The van der Waals surface area contributed by atoms with Crippen LogP contribution in [0.1, 0.15) is 46.2 Å². The highest BCUT2D eigenvalue weighted by Crippen LogP contribution is 2.20. The van der Waals surface area contributed by atoms with Gasteiger partial charge in [-0.15, -0.1) is 0 Å². The molecule has 0 aliphatic heterocycles. The van der Waals surface area contributed by atoms with Gasteiger partial charge in [0.1, 0.15) is 5.82 Å². The van der Waals surface area contributed by atoms with Crippen LogP contribution in [0, 0.1) is 5.92 Å². The summed E-state index contributed by atoms with van der Waals surface area (Å²) >= 11 is 6.25. The first-order chi connectivity index (χ1) is 9.58. The Morgan fingerprint density at radius 3 is 2.40 bits per heavy atom. The summed E-state index contributed by atoms with van der Waals surface area (Å²) in [7, 11) is 0. The topological polar surface area (TPSA) is 28.2 Å². The van der Waals surface area contributed by atoms with Crippen molar-refractivity contribution in [1.29, 1.82) is 0 Å². The Morgan fingerprint density at radius 1 is 1.20 bits per heavy atom. The highest BCUT2D eigenvalue weighted by molar-refractivity contribution is 6.31. The molecule has 0 saturated heterocycles. The normalized spacial score (nSPS) is 11.1. The van der Waals surface area contributed by atoms with E-state index < -0.39 is 0 Å². The standard InChI is InChI=1S/C16H28ClN3/c1-5-9-20(10-6-2)16-8-7-14(17)15(19-16)12-18-11-13(3)4/h7-8,13,18H,5-6,9-12H2,1-4H3. The van der Waals surface area contributed by atoms with Gasteiger partial charge in [-0.2, -0.15) is 0 Å². The smallest absolute Gasteiger partial charge is 0.128 e. The van der Waals surface area contributed by atoms with E-state index in [4.69, 9.17) is 16.6 Å². The number of nitrogens with one attached hydrogen (secondary N) is 1. The van der Waals surface area contributed by atoms with Crippen molar-refractivity contribution in [1.82, 2.24) is 10.3 Å². The van der Waals surface area contributed by atoms with Crippen LogP contribution < -0.4 is 10.2 Å². The fourth-order valence-electron chi connectivity index (χ4n) is 2.13. The van der Waals surface area contributed by atoms with Crippen molar-refractivity contribution in [2.45, 2.75) is 47.1 Å². The highest BCUT2D eigenvalue weighted by atomic mass is 35.5. The van der Waals surface area contributed by atoms with Crippen LogP contribution in [-0.4, -0.2) is 24.6 Å². The van der Waals surface area contributed by atoms with Crippen molar-refractivity contribution in [2.75, 3.05) is 24.5 Å². The summed E-state index contributed by atoms with van der Waals surface area (Å²) in [4.78, 5) is 7.07. The molecule has 0 spiro atoms. The van der Waals surface area contributed by atoms with Crippen LogP contribution in [-0.2, 0) is 6.54 Å². The van der Waals surface area contributed by atoms with Gasteiger partial charge < -0.3 is 10.2 Å². The number of halogens is 1. The van der Waals surface area contributed by atoms with E-state index in [1.165, 1.54) is 0 Å². The van der Waals surface area contributed by atoms with E-state index in [1.807, 2.05) is 12.1 Å². The zero-order chi connectivity index (χ0) is 15.0. The lowest BCUT2D eigenvalue weighted by Crippen LogP contribution is -2.27. The monoisotopic (exact) mass is 297 g/mol. The van der Waals surface area contributed by atoms with E-state index in [1.54, 1.807) is 0 Å². The van der Waals surface area contributed by atoms with E-state index in [0.717, 1.165) is 55.6 Å². The lowest BCUT2D eigenvalue weighted by atomic mass is 10.2. The zero-order valence-electron chi connectivity index (χ0n) is 13.2. The highest BCUT2D eigenvalue weighted by Gasteiger charge is 2.09. The Hall–Kier alpha value is -0.800. The van der Waals surface area contributed by atoms with Gasteiger partial charge >= 0.3 is 0 Å². The maximum Gasteiger partial charge on any atom is 0.128 e. The van der Waals surface area contributed by atoms with Crippen LogP contribution in [0.25, 0.3) is 0 Å². The second kappa shape index (κ2) is 9.19. The van der Waals surface area contributed by atoms with Gasteiger partial charge in [-0.05, 0) is 37.4 Å². The number of nitrogens with zero attached hydrogens (tertiary/aromatic N) is 2. The van der Waals surface area contributed by atoms with Crippen LogP contribution in [0.4, 0.5) is 5.82 Å². The number of hydrogen-bond acceptors (Lipinski definition) is 3. The second-order valence-electron chi connectivity index (χ2n) is 5.61. The average Bonchev–Trinajstić information content (AvgIpc) is 2.40. The first-order valence-electron chi connectivity index (χ1n) is 7.69. The molecule has 20 heavy (non-hydrogen) atoms. The fourth-order valence-corrected chi connectivity index (χ4v) is 2.30. The molecule has 4 heteroatoms. The minimum Gasteiger partial charge on any atom is -0.357 e. The number of hydrogen-bond donors (Lipinski definition) is 1. The molecular weight excluding hydrogens is 270 g/mol. The van der Waals surface area contributed by atoms with Gasteiger partial charge in [0, 0.05) is 19.6 Å². The Labute approximate surface area is 128 Å². The predicted octanol–water partition coefficient (Wildman–Crippen LogP) is 4.11. The molecule has 1 aromatic heterocycles. The van der Waals surface area contributed by atoms with Crippen molar-refractivity contribution < 1.29 is 0 Å². The van der Waals surface area contributed by atoms with Gasteiger partial charge in [0.25, 0.3) is 0 Å². The third-order valence-electron chi connectivity index (χ3n) is 3.06. The van der Waals surface area contributed by atoms with Crippen molar-refractivity contribution in [3.05, 3.63) is 22.8 Å². The second-order valence-corrected chi connectivity index (χ2v) is 6.02. The van der Waals surface area contributed by atoms with E-state index in [-0.39, 0.29) is 0 Å². The molecule has 1 N–H and O–H groups in total.